The number of rotatable bonds is 10. The van der Waals surface area contributed by atoms with Crippen molar-refractivity contribution in [2.45, 2.75) is 77.6 Å². The molecule has 2 atom stereocenters. The second-order valence-electron chi connectivity index (χ2n) is 13.3. The third kappa shape index (κ3) is 8.24. The van der Waals surface area contributed by atoms with Crippen LogP contribution in [0.1, 0.15) is 90.9 Å². The van der Waals surface area contributed by atoms with E-state index in [0.29, 0.717) is 32.0 Å². The van der Waals surface area contributed by atoms with Crippen molar-refractivity contribution >= 4 is 11.9 Å². The molecule has 1 aromatic heterocycles. The van der Waals surface area contributed by atoms with Gasteiger partial charge in [-0.15, -0.1) is 6.42 Å². The maximum atomic E-state index is 16.5. The Bertz CT molecular complexity index is 1860. The number of pyridine rings is 1. The molecule has 1 amide bonds. The van der Waals surface area contributed by atoms with E-state index in [1.54, 1.807) is 13.8 Å². The number of amides is 1. The highest BCUT2D eigenvalue weighted by Gasteiger charge is 2.39. The van der Waals surface area contributed by atoms with Crippen LogP contribution in [-0.2, 0) is 15.8 Å². The van der Waals surface area contributed by atoms with Crippen molar-refractivity contribution in [2.24, 2.45) is 5.92 Å². The van der Waals surface area contributed by atoms with Gasteiger partial charge < -0.3 is 19.9 Å². The summed E-state index contributed by atoms with van der Waals surface area (Å²) in [7, 11) is 1.84. The molecule has 268 valence electrons. The Morgan fingerprint density at radius 1 is 1.04 bits per heavy atom. The summed E-state index contributed by atoms with van der Waals surface area (Å²) in [6, 6.07) is 0.410. The summed E-state index contributed by atoms with van der Waals surface area (Å²) in [5.74, 6) is -4.51. The molecule has 0 saturated carbocycles. The summed E-state index contributed by atoms with van der Waals surface area (Å²) in [5, 5.41) is 12.2. The fraction of sp³-hybridized carbons (Fsp3) is 0.432. The number of nitrogens with one attached hydrogen (secondary N) is 1. The van der Waals surface area contributed by atoms with Crippen molar-refractivity contribution in [3.63, 3.8) is 0 Å². The van der Waals surface area contributed by atoms with Crippen molar-refractivity contribution in [1.29, 1.82) is 0 Å². The minimum absolute atomic E-state index is 0.0850. The zero-order valence-corrected chi connectivity index (χ0v) is 28.4. The number of terminal acetylenes is 1. The van der Waals surface area contributed by atoms with Gasteiger partial charge in [0.2, 0.25) is 5.91 Å². The van der Waals surface area contributed by atoms with E-state index in [1.165, 1.54) is 13.8 Å². The van der Waals surface area contributed by atoms with E-state index in [4.69, 9.17) is 6.42 Å². The molecule has 0 unspecified atom stereocenters. The quantitative estimate of drug-likeness (QED) is 0.171. The molecule has 1 aliphatic heterocycles. The van der Waals surface area contributed by atoms with Crippen LogP contribution in [0.3, 0.4) is 0 Å². The predicted molar refractivity (Wildman–Crippen MR) is 176 cm³/mol. The zero-order chi connectivity index (χ0) is 37.2. The number of hydrogen-bond acceptors (Lipinski definition) is 4. The number of alkyl halides is 3. The Labute approximate surface area is 286 Å². The van der Waals surface area contributed by atoms with Crippen LogP contribution in [0.2, 0.25) is 0 Å². The van der Waals surface area contributed by atoms with Crippen LogP contribution in [0.4, 0.5) is 26.3 Å². The molecular weight excluding hydrogens is 664 g/mol. The van der Waals surface area contributed by atoms with Crippen molar-refractivity contribution in [2.75, 3.05) is 20.1 Å². The molecule has 1 fully saturated rings. The first kappa shape index (κ1) is 38.2. The van der Waals surface area contributed by atoms with E-state index in [1.807, 2.05) is 11.9 Å². The number of likely N-dealkylation sites (tertiary alicyclic amines) is 1. The smallest absolute Gasteiger partial charge is 0.416 e. The van der Waals surface area contributed by atoms with Gasteiger partial charge in [0.25, 0.3) is 5.56 Å². The largest absolute Gasteiger partial charge is 0.481 e. The fourth-order valence-electron chi connectivity index (χ4n) is 6.75. The van der Waals surface area contributed by atoms with E-state index >= 15 is 8.78 Å². The van der Waals surface area contributed by atoms with Crippen LogP contribution in [0.5, 0.6) is 0 Å². The Kier molecular flexibility index (Phi) is 11.6. The number of nitrogens with zero attached hydrogens (tertiary/aromatic N) is 2. The summed E-state index contributed by atoms with van der Waals surface area (Å²) >= 11 is 0. The lowest BCUT2D eigenvalue weighted by atomic mass is 9.87. The third-order valence-electron chi connectivity index (χ3n) is 9.11. The number of carboxylic acid groups (broad SMARTS) is 1. The molecular formula is C37H39F6N3O4. The Hall–Kier alpha value is -4.57. The number of carbonyl (C=O) groups is 2. The predicted octanol–water partition coefficient (Wildman–Crippen LogP) is 7.28. The minimum Gasteiger partial charge on any atom is -0.481 e. The van der Waals surface area contributed by atoms with Crippen LogP contribution in [0, 0.1) is 49.6 Å². The van der Waals surface area contributed by atoms with Gasteiger partial charge in [0.1, 0.15) is 23.5 Å². The maximum absolute atomic E-state index is 16.5. The molecule has 7 nitrogen and oxygen atoms in total. The third-order valence-corrected chi connectivity index (χ3v) is 9.11. The molecule has 2 aromatic carbocycles. The minimum atomic E-state index is -4.85. The standard InChI is InChI=1S/C37H39F6N3O4/c1-7-22-15-25(32-20(4)13-24(38)14-21(32)5)35(40)33(34(22)39)28(17-31(48)49)44-36(50)29(12-19(2)3)46-18-26(23-8-10-45(6)11-9-23)27(16-30(46)47)37(41,42)43/h1,13-16,18-19,23,28-29H,8-12,17H2,2-6H3,(H,44,50)(H,48,49)/t28-,29-/m1/s1. The number of carbonyl (C=O) groups excluding carboxylic acids is 1. The van der Waals surface area contributed by atoms with Gasteiger partial charge in [-0.05, 0) is 106 Å². The average Bonchev–Trinajstić information content (AvgIpc) is 3.00. The van der Waals surface area contributed by atoms with Gasteiger partial charge in [0.05, 0.1) is 23.6 Å². The number of halogens is 6. The molecule has 50 heavy (non-hydrogen) atoms. The van der Waals surface area contributed by atoms with E-state index in [9.17, 15) is 37.1 Å². The first-order chi connectivity index (χ1) is 23.3. The molecule has 13 heteroatoms. The number of piperidine rings is 1. The molecule has 0 bridgehead atoms. The SMILES string of the molecule is C#Cc1cc(-c2c(C)cc(F)cc2C)c(F)c([C@@H](CC(=O)O)NC(=O)[C@@H](CC(C)C)n2cc(C3CCN(C)CC3)c(C(F)(F)F)cc2=O)c1F. The number of aliphatic carboxylic acids is 1. The second kappa shape index (κ2) is 15.1. The lowest BCUT2D eigenvalue weighted by molar-refractivity contribution is -0.139. The zero-order valence-electron chi connectivity index (χ0n) is 28.4. The summed E-state index contributed by atoms with van der Waals surface area (Å²) in [4.78, 5) is 41.4. The van der Waals surface area contributed by atoms with Crippen LogP contribution in [0.15, 0.2) is 35.3 Å². The van der Waals surface area contributed by atoms with Gasteiger partial charge in [0.15, 0.2) is 0 Å². The number of benzene rings is 2. The van der Waals surface area contributed by atoms with E-state index in [0.717, 1.165) is 29.0 Å². The monoisotopic (exact) mass is 703 g/mol. The molecule has 0 spiro atoms. The van der Waals surface area contributed by atoms with E-state index < -0.39 is 82.2 Å². The lowest BCUT2D eigenvalue weighted by Crippen LogP contribution is -2.41. The molecule has 1 saturated heterocycles. The maximum Gasteiger partial charge on any atom is 0.416 e. The van der Waals surface area contributed by atoms with Crippen molar-refractivity contribution in [3.05, 3.63) is 91.6 Å². The van der Waals surface area contributed by atoms with Gasteiger partial charge in [-0.25, -0.2) is 13.2 Å². The van der Waals surface area contributed by atoms with Crippen molar-refractivity contribution in [3.8, 4) is 23.5 Å². The summed E-state index contributed by atoms with van der Waals surface area (Å²) < 4.78 is 90.0. The summed E-state index contributed by atoms with van der Waals surface area (Å²) in [6.45, 7) is 7.44. The van der Waals surface area contributed by atoms with Crippen LogP contribution in [-0.4, -0.2) is 46.6 Å². The molecule has 0 aliphatic carbocycles. The average molecular weight is 704 g/mol. The molecule has 2 heterocycles. The Morgan fingerprint density at radius 2 is 1.64 bits per heavy atom. The van der Waals surface area contributed by atoms with E-state index in [2.05, 4.69) is 11.2 Å². The normalized spacial score (nSPS) is 15.5. The molecule has 2 N–H and O–H groups in total. The van der Waals surface area contributed by atoms with Gasteiger partial charge >= 0.3 is 12.1 Å². The first-order valence-corrected chi connectivity index (χ1v) is 16.1. The number of hydrogen-bond donors (Lipinski definition) is 2. The molecule has 0 radical (unpaired) electrons. The second-order valence-corrected chi connectivity index (χ2v) is 13.3. The van der Waals surface area contributed by atoms with Gasteiger partial charge in [-0.1, -0.05) is 19.8 Å². The number of aromatic nitrogens is 1. The highest BCUT2D eigenvalue weighted by molar-refractivity contribution is 5.82. The molecule has 3 aromatic rings. The van der Waals surface area contributed by atoms with Gasteiger partial charge in [-0.2, -0.15) is 13.2 Å². The van der Waals surface area contributed by atoms with Gasteiger partial charge in [0, 0.05) is 23.4 Å². The number of aryl methyl sites for hydroxylation is 2. The van der Waals surface area contributed by atoms with Crippen molar-refractivity contribution in [1.82, 2.24) is 14.8 Å². The van der Waals surface area contributed by atoms with Crippen molar-refractivity contribution < 1.29 is 41.0 Å². The van der Waals surface area contributed by atoms with Gasteiger partial charge in [-0.3, -0.25) is 14.4 Å². The fourth-order valence-corrected chi connectivity index (χ4v) is 6.75. The van der Waals surface area contributed by atoms with Crippen LogP contribution < -0.4 is 10.9 Å². The Balaban J connectivity index is 1.88. The Morgan fingerprint density at radius 3 is 2.16 bits per heavy atom. The lowest BCUT2D eigenvalue weighted by Gasteiger charge is -2.32. The highest BCUT2D eigenvalue weighted by Crippen LogP contribution is 2.40. The topological polar surface area (TPSA) is 91.6 Å². The highest BCUT2D eigenvalue weighted by atomic mass is 19.4. The summed E-state index contributed by atoms with van der Waals surface area (Å²) in [5.41, 5.74) is -3.22. The molecule has 1 aliphatic rings. The number of carboxylic acids is 1. The molecule has 4 rings (SSSR count). The summed E-state index contributed by atoms with van der Waals surface area (Å²) in [6.07, 6.45) is 1.37. The van der Waals surface area contributed by atoms with E-state index in [-0.39, 0.29) is 40.2 Å². The first-order valence-electron chi connectivity index (χ1n) is 16.1. The van der Waals surface area contributed by atoms with Crippen LogP contribution in [0.25, 0.3) is 11.1 Å². The van der Waals surface area contributed by atoms with Crippen LogP contribution >= 0.6 is 0 Å².